The summed E-state index contributed by atoms with van der Waals surface area (Å²) >= 11 is 0. The van der Waals surface area contributed by atoms with Crippen LogP contribution >= 0.6 is 0 Å². The Hall–Kier alpha value is -3.12. The first-order valence-electron chi connectivity index (χ1n) is 9.64. The van der Waals surface area contributed by atoms with Gasteiger partial charge in [-0.25, -0.2) is 8.42 Å². The normalized spacial score (nSPS) is 11.2. The molecule has 0 bridgehead atoms. The van der Waals surface area contributed by atoms with Crippen LogP contribution in [-0.4, -0.2) is 27.6 Å². The maximum Gasteiger partial charge on any atom is 0.258 e. The van der Waals surface area contributed by atoms with Crippen LogP contribution in [0.2, 0.25) is 0 Å². The summed E-state index contributed by atoms with van der Waals surface area (Å²) in [6.45, 7) is 4.04. The van der Waals surface area contributed by atoms with Gasteiger partial charge < -0.3 is 4.90 Å². The fourth-order valence-corrected chi connectivity index (χ4v) is 4.19. The molecule has 30 heavy (non-hydrogen) atoms. The zero-order valence-electron chi connectivity index (χ0n) is 17.7. The third-order valence-electron chi connectivity index (χ3n) is 5.01. The predicted octanol–water partition coefficient (Wildman–Crippen LogP) is 4.55. The number of anilines is 2. The molecule has 0 aliphatic heterocycles. The first kappa shape index (κ1) is 21.6. The highest BCUT2D eigenvalue weighted by Crippen LogP contribution is 2.26. The number of carbonyl (C=O) groups is 1. The molecule has 156 valence electrons. The molecule has 0 unspecified atom stereocenters. The van der Waals surface area contributed by atoms with Crippen molar-refractivity contribution in [3.8, 4) is 0 Å². The zero-order valence-corrected chi connectivity index (χ0v) is 18.5. The molecule has 0 aromatic heterocycles. The minimum absolute atomic E-state index is 0.123. The number of para-hydroxylation sites is 1. The van der Waals surface area contributed by atoms with Gasteiger partial charge in [0.25, 0.3) is 5.91 Å². The van der Waals surface area contributed by atoms with Crippen molar-refractivity contribution in [3.05, 3.63) is 95.1 Å². The van der Waals surface area contributed by atoms with E-state index in [1.165, 1.54) is 10.6 Å². The Morgan fingerprint density at radius 2 is 1.53 bits per heavy atom. The Kier molecular flexibility index (Phi) is 6.27. The maximum absolute atomic E-state index is 12.8. The molecule has 3 rings (SSSR count). The van der Waals surface area contributed by atoms with Crippen LogP contribution < -0.4 is 9.21 Å². The molecule has 5 nitrogen and oxygen atoms in total. The third kappa shape index (κ3) is 4.89. The molecule has 6 heteroatoms. The van der Waals surface area contributed by atoms with Gasteiger partial charge in [-0.15, -0.1) is 0 Å². The van der Waals surface area contributed by atoms with Crippen LogP contribution in [0.3, 0.4) is 0 Å². The van der Waals surface area contributed by atoms with Gasteiger partial charge in [0.1, 0.15) is 0 Å². The molecule has 0 spiro atoms. The van der Waals surface area contributed by atoms with Crippen molar-refractivity contribution in [2.24, 2.45) is 0 Å². The molecule has 0 atom stereocenters. The summed E-state index contributed by atoms with van der Waals surface area (Å²) in [6.07, 6.45) is 1.21. The second kappa shape index (κ2) is 8.71. The number of rotatable bonds is 6. The third-order valence-corrected chi connectivity index (χ3v) is 6.14. The van der Waals surface area contributed by atoms with Gasteiger partial charge in [-0.05, 0) is 60.9 Å². The van der Waals surface area contributed by atoms with Crippen LogP contribution in [0.15, 0.2) is 72.8 Å². The SMILES string of the molecule is Cc1ccc(C)c(N(Cc2ccc(C(=O)N(C)c3ccccc3)cc2)S(C)(=O)=O)c1. The maximum atomic E-state index is 12.8. The van der Waals surface area contributed by atoms with Gasteiger partial charge in [-0.2, -0.15) is 0 Å². The summed E-state index contributed by atoms with van der Waals surface area (Å²) in [4.78, 5) is 14.4. The molecular weight excluding hydrogens is 396 g/mol. The number of benzene rings is 3. The van der Waals surface area contributed by atoms with Crippen molar-refractivity contribution in [1.82, 2.24) is 0 Å². The first-order valence-corrected chi connectivity index (χ1v) is 11.5. The van der Waals surface area contributed by atoms with Crippen LogP contribution in [-0.2, 0) is 16.6 Å². The van der Waals surface area contributed by atoms with E-state index in [2.05, 4.69) is 0 Å². The molecule has 0 heterocycles. The lowest BCUT2D eigenvalue weighted by Crippen LogP contribution is -2.30. The van der Waals surface area contributed by atoms with Gasteiger partial charge in [-0.1, -0.05) is 42.5 Å². The second-order valence-corrected chi connectivity index (χ2v) is 9.36. The largest absolute Gasteiger partial charge is 0.311 e. The van der Waals surface area contributed by atoms with Crippen molar-refractivity contribution in [1.29, 1.82) is 0 Å². The van der Waals surface area contributed by atoms with Gasteiger partial charge in [0.2, 0.25) is 10.0 Å². The Morgan fingerprint density at radius 3 is 2.13 bits per heavy atom. The topological polar surface area (TPSA) is 57.7 Å². The van der Waals surface area contributed by atoms with Gasteiger partial charge in [-0.3, -0.25) is 9.10 Å². The van der Waals surface area contributed by atoms with E-state index in [1.54, 1.807) is 36.2 Å². The number of sulfonamides is 1. The summed E-state index contributed by atoms with van der Waals surface area (Å²) in [5.41, 5.74) is 4.71. The first-order chi connectivity index (χ1) is 14.2. The Morgan fingerprint density at radius 1 is 0.900 bits per heavy atom. The lowest BCUT2D eigenvalue weighted by molar-refractivity contribution is 0.0993. The number of aryl methyl sites for hydroxylation is 2. The van der Waals surface area contributed by atoms with Crippen LogP contribution in [0.1, 0.15) is 27.0 Å². The molecule has 0 aliphatic carbocycles. The van der Waals surface area contributed by atoms with Crippen molar-refractivity contribution in [2.45, 2.75) is 20.4 Å². The number of hydrogen-bond acceptors (Lipinski definition) is 3. The Bertz CT molecular complexity index is 1140. The molecule has 1 amide bonds. The summed E-state index contributed by atoms with van der Waals surface area (Å²) in [5, 5.41) is 0. The summed E-state index contributed by atoms with van der Waals surface area (Å²) < 4.78 is 26.4. The Balaban J connectivity index is 1.84. The van der Waals surface area contributed by atoms with Gasteiger partial charge >= 0.3 is 0 Å². The molecule has 0 aliphatic rings. The number of hydrogen-bond donors (Lipinski definition) is 0. The standard InChI is InChI=1S/C24H26N2O3S/c1-18-10-11-19(2)23(16-18)26(30(4,28)29)17-20-12-14-21(15-13-20)24(27)25(3)22-8-6-5-7-9-22/h5-16H,17H2,1-4H3. The molecule has 0 saturated carbocycles. The van der Waals surface area contributed by atoms with Crippen LogP contribution in [0, 0.1) is 13.8 Å². The number of carbonyl (C=O) groups excluding carboxylic acids is 1. The lowest BCUT2D eigenvalue weighted by atomic mass is 10.1. The van der Waals surface area contributed by atoms with Gasteiger partial charge in [0.05, 0.1) is 18.5 Å². The fraction of sp³-hybridized carbons (Fsp3) is 0.208. The van der Waals surface area contributed by atoms with E-state index >= 15 is 0 Å². The average Bonchev–Trinajstić information content (AvgIpc) is 2.73. The lowest BCUT2D eigenvalue weighted by Gasteiger charge is -2.25. The quantitative estimate of drug-likeness (QED) is 0.586. The molecule has 3 aromatic rings. The molecule has 0 radical (unpaired) electrons. The zero-order chi connectivity index (χ0) is 21.9. The highest BCUT2D eigenvalue weighted by Gasteiger charge is 2.20. The van der Waals surface area contributed by atoms with Crippen LogP contribution in [0.4, 0.5) is 11.4 Å². The number of nitrogens with zero attached hydrogens (tertiary/aromatic N) is 2. The molecular formula is C24H26N2O3S. The number of amides is 1. The minimum Gasteiger partial charge on any atom is -0.311 e. The highest BCUT2D eigenvalue weighted by atomic mass is 32.2. The minimum atomic E-state index is -3.47. The highest BCUT2D eigenvalue weighted by molar-refractivity contribution is 7.92. The van der Waals surface area contributed by atoms with Crippen molar-refractivity contribution in [3.63, 3.8) is 0 Å². The second-order valence-electron chi connectivity index (χ2n) is 7.46. The van der Waals surface area contributed by atoms with E-state index in [0.29, 0.717) is 11.3 Å². The summed E-state index contributed by atoms with van der Waals surface area (Å²) in [6, 6.07) is 22.3. The van der Waals surface area contributed by atoms with E-state index in [1.807, 2.05) is 62.4 Å². The van der Waals surface area contributed by atoms with Crippen molar-refractivity contribution in [2.75, 3.05) is 22.5 Å². The van der Waals surface area contributed by atoms with E-state index in [9.17, 15) is 13.2 Å². The van der Waals surface area contributed by atoms with Crippen LogP contribution in [0.5, 0.6) is 0 Å². The van der Waals surface area contributed by atoms with E-state index in [4.69, 9.17) is 0 Å². The van der Waals surface area contributed by atoms with Gasteiger partial charge in [0, 0.05) is 18.3 Å². The molecule has 0 saturated heterocycles. The molecule has 0 N–H and O–H groups in total. The van der Waals surface area contributed by atoms with Crippen molar-refractivity contribution < 1.29 is 13.2 Å². The van der Waals surface area contributed by atoms with Crippen LogP contribution in [0.25, 0.3) is 0 Å². The Labute approximate surface area is 178 Å². The van der Waals surface area contributed by atoms with E-state index in [0.717, 1.165) is 22.4 Å². The summed E-state index contributed by atoms with van der Waals surface area (Å²) in [7, 11) is -1.74. The monoisotopic (exact) mass is 422 g/mol. The molecule has 3 aromatic carbocycles. The average molecular weight is 423 g/mol. The summed E-state index contributed by atoms with van der Waals surface area (Å²) in [5.74, 6) is -0.123. The fourth-order valence-electron chi connectivity index (χ4n) is 3.25. The van der Waals surface area contributed by atoms with Crippen molar-refractivity contribution >= 4 is 27.3 Å². The van der Waals surface area contributed by atoms with Gasteiger partial charge in [0.15, 0.2) is 0 Å². The predicted molar refractivity (Wildman–Crippen MR) is 123 cm³/mol. The molecule has 0 fully saturated rings. The van der Waals surface area contributed by atoms with E-state index < -0.39 is 10.0 Å². The van der Waals surface area contributed by atoms with E-state index in [-0.39, 0.29) is 12.5 Å². The smallest absolute Gasteiger partial charge is 0.258 e.